The van der Waals surface area contributed by atoms with Gasteiger partial charge in [0.2, 0.25) is 5.91 Å². The zero-order valence-electron chi connectivity index (χ0n) is 15.5. The smallest absolute Gasteiger partial charge is 0.236 e. The molecule has 1 aromatic rings. The molecule has 2 fully saturated rings. The molecule has 2 aliphatic carbocycles. The van der Waals surface area contributed by atoms with Gasteiger partial charge in [-0.3, -0.25) is 9.69 Å². The largest absolute Gasteiger partial charge is 0.339 e. The molecule has 3 heteroatoms. The molecule has 1 atom stereocenters. The highest BCUT2D eigenvalue weighted by molar-refractivity contribution is 5.79. The van der Waals surface area contributed by atoms with E-state index in [1.54, 1.807) is 0 Å². The summed E-state index contributed by atoms with van der Waals surface area (Å²) in [7, 11) is 0. The van der Waals surface area contributed by atoms with Gasteiger partial charge in [0.25, 0.3) is 0 Å². The van der Waals surface area contributed by atoms with Crippen molar-refractivity contribution in [2.75, 3.05) is 19.6 Å². The van der Waals surface area contributed by atoms with Gasteiger partial charge in [0.15, 0.2) is 0 Å². The summed E-state index contributed by atoms with van der Waals surface area (Å²) >= 11 is 0. The van der Waals surface area contributed by atoms with Crippen LogP contribution in [0.2, 0.25) is 0 Å². The molecule has 132 valence electrons. The number of amides is 1. The number of rotatable bonds is 9. The zero-order valence-corrected chi connectivity index (χ0v) is 15.5. The van der Waals surface area contributed by atoms with E-state index in [9.17, 15) is 4.79 Å². The Morgan fingerprint density at radius 3 is 2.25 bits per heavy atom. The highest BCUT2D eigenvalue weighted by Crippen LogP contribution is 2.37. The Hall–Kier alpha value is -1.35. The van der Waals surface area contributed by atoms with E-state index in [1.807, 2.05) is 0 Å². The fourth-order valence-electron chi connectivity index (χ4n) is 3.79. The van der Waals surface area contributed by atoms with Crippen LogP contribution < -0.4 is 0 Å². The van der Waals surface area contributed by atoms with E-state index in [0.717, 1.165) is 25.4 Å². The van der Waals surface area contributed by atoms with Gasteiger partial charge in [-0.15, -0.1) is 0 Å². The third-order valence-corrected chi connectivity index (χ3v) is 5.59. The Balaban J connectivity index is 1.65. The lowest BCUT2D eigenvalue weighted by Gasteiger charge is -2.33. The molecule has 0 saturated heterocycles. The second-order valence-electron chi connectivity index (χ2n) is 7.57. The van der Waals surface area contributed by atoms with Crippen LogP contribution in [-0.2, 0) is 11.2 Å². The van der Waals surface area contributed by atoms with Crippen molar-refractivity contribution in [3.8, 4) is 0 Å². The van der Waals surface area contributed by atoms with E-state index in [1.165, 1.54) is 36.8 Å². The Bertz CT molecular complexity index is 545. The average molecular weight is 329 g/mol. The van der Waals surface area contributed by atoms with E-state index < -0.39 is 0 Å². The van der Waals surface area contributed by atoms with E-state index in [4.69, 9.17) is 0 Å². The van der Waals surface area contributed by atoms with Crippen molar-refractivity contribution in [2.24, 2.45) is 5.92 Å². The fourth-order valence-corrected chi connectivity index (χ4v) is 3.79. The van der Waals surface area contributed by atoms with Crippen molar-refractivity contribution in [3.05, 3.63) is 35.4 Å². The summed E-state index contributed by atoms with van der Waals surface area (Å²) in [5.41, 5.74) is 2.71. The van der Waals surface area contributed by atoms with Gasteiger partial charge in [-0.05, 0) is 64.0 Å². The quantitative estimate of drug-likeness (QED) is 0.691. The van der Waals surface area contributed by atoms with E-state index in [0.29, 0.717) is 24.5 Å². The highest BCUT2D eigenvalue weighted by atomic mass is 16.2. The summed E-state index contributed by atoms with van der Waals surface area (Å²) in [4.78, 5) is 17.3. The summed E-state index contributed by atoms with van der Waals surface area (Å²) in [6, 6.07) is 9.95. The first-order valence-electron chi connectivity index (χ1n) is 9.71. The molecule has 3 nitrogen and oxygen atoms in total. The number of hydrogen-bond acceptors (Lipinski definition) is 2. The predicted molar refractivity (Wildman–Crippen MR) is 99.1 cm³/mol. The molecule has 2 aliphatic rings. The maximum Gasteiger partial charge on any atom is 0.236 e. The van der Waals surface area contributed by atoms with Gasteiger partial charge in [0.05, 0.1) is 6.54 Å². The van der Waals surface area contributed by atoms with E-state index in [2.05, 4.69) is 54.8 Å². The fraction of sp³-hybridized carbons (Fsp3) is 0.667. The van der Waals surface area contributed by atoms with Crippen LogP contribution in [0.15, 0.2) is 24.3 Å². The predicted octanol–water partition coefficient (Wildman–Crippen LogP) is 3.65. The number of carbonyl (C=O) groups is 1. The van der Waals surface area contributed by atoms with Crippen LogP contribution in [-0.4, -0.2) is 47.4 Å². The van der Waals surface area contributed by atoms with Crippen LogP contribution in [0.25, 0.3) is 0 Å². The third-order valence-electron chi connectivity index (χ3n) is 5.59. The SMILES string of the molecule is CCN(CC(=O)N(CC)C1CC1)C(Cc1ccc(C)cc1)C1CC1. The molecular weight excluding hydrogens is 296 g/mol. The molecule has 1 amide bonds. The minimum absolute atomic E-state index is 0.330. The Morgan fingerprint density at radius 1 is 1.08 bits per heavy atom. The molecule has 24 heavy (non-hydrogen) atoms. The summed E-state index contributed by atoms with van der Waals surface area (Å²) in [5, 5.41) is 0. The molecule has 0 N–H and O–H groups in total. The first kappa shape index (κ1) is 17.5. The zero-order chi connectivity index (χ0) is 17.1. The summed E-state index contributed by atoms with van der Waals surface area (Å²) in [6.45, 7) is 8.85. The lowest BCUT2D eigenvalue weighted by Crippen LogP contribution is -2.46. The summed E-state index contributed by atoms with van der Waals surface area (Å²) in [5.74, 6) is 1.10. The van der Waals surface area contributed by atoms with Crippen molar-refractivity contribution >= 4 is 5.91 Å². The molecule has 1 unspecified atom stereocenters. The second kappa shape index (κ2) is 7.69. The van der Waals surface area contributed by atoms with Gasteiger partial charge in [-0.1, -0.05) is 36.8 Å². The van der Waals surface area contributed by atoms with Crippen LogP contribution in [0.3, 0.4) is 0 Å². The molecule has 0 spiro atoms. The lowest BCUT2D eigenvalue weighted by atomic mass is 9.99. The number of nitrogens with zero attached hydrogens (tertiary/aromatic N) is 2. The number of aryl methyl sites for hydroxylation is 1. The van der Waals surface area contributed by atoms with Crippen molar-refractivity contribution < 1.29 is 4.79 Å². The van der Waals surface area contributed by atoms with Crippen molar-refractivity contribution in [2.45, 2.75) is 65.0 Å². The van der Waals surface area contributed by atoms with E-state index >= 15 is 0 Å². The first-order chi connectivity index (χ1) is 11.6. The van der Waals surface area contributed by atoms with Crippen LogP contribution in [0, 0.1) is 12.8 Å². The minimum Gasteiger partial charge on any atom is -0.339 e. The molecule has 0 aliphatic heterocycles. The Morgan fingerprint density at radius 2 is 1.75 bits per heavy atom. The summed E-state index contributed by atoms with van der Waals surface area (Å²) < 4.78 is 0. The molecule has 0 heterocycles. The third kappa shape index (κ3) is 4.38. The normalized spacial score (nSPS) is 18.7. The lowest BCUT2D eigenvalue weighted by molar-refractivity contribution is -0.133. The number of benzene rings is 1. The van der Waals surface area contributed by atoms with Gasteiger partial charge in [0.1, 0.15) is 0 Å². The van der Waals surface area contributed by atoms with Crippen molar-refractivity contribution in [1.29, 1.82) is 0 Å². The molecule has 0 radical (unpaired) electrons. The first-order valence-corrected chi connectivity index (χ1v) is 9.71. The number of hydrogen-bond donors (Lipinski definition) is 0. The molecule has 2 saturated carbocycles. The van der Waals surface area contributed by atoms with Gasteiger partial charge in [-0.2, -0.15) is 0 Å². The van der Waals surface area contributed by atoms with Crippen LogP contribution >= 0.6 is 0 Å². The maximum absolute atomic E-state index is 12.8. The van der Waals surface area contributed by atoms with Crippen molar-refractivity contribution in [1.82, 2.24) is 9.80 Å². The standard InChI is InChI=1S/C21H32N2O/c1-4-22(15-21(24)23(5-2)19-12-13-19)20(18-10-11-18)14-17-8-6-16(3)7-9-17/h6-9,18-20H,4-5,10-15H2,1-3H3. The van der Waals surface area contributed by atoms with Gasteiger partial charge >= 0.3 is 0 Å². The Kier molecular flexibility index (Phi) is 5.60. The maximum atomic E-state index is 12.8. The molecule has 0 aromatic heterocycles. The van der Waals surface area contributed by atoms with Crippen LogP contribution in [0.4, 0.5) is 0 Å². The average Bonchev–Trinajstić information content (AvgIpc) is 3.46. The molecular formula is C21H32N2O. The van der Waals surface area contributed by atoms with Crippen molar-refractivity contribution in [3.63, 3.8) is 0 Å². The molecule has 0 bridgehead atoms. The second-order valence-corrected chi connectivity index (χ2v) is 7.57. The van der Waals surface area contributed by atoms with E-state index in [-0.39, 0.29) is 0 Å². The Labute approximate surface area is 147 Å². The van der Waals surface area contributed by atoms with Gasteiger partial charge in [-0.25, -0.2) is 0 Å². The van der Waals surface area contributed by atoms with Gasteiger partial charge in [0, 0.05) is 18.6 Å². The number of carbonyl (C=O) groups excluding carboxylic acids is 1. The molecule has 1 aromatic carbocycles. The van der Waals surface area contributed by atoms with Crippen LogP contribution in [0.1, 0.15) is 50.7 Å². The summed E-state index contributed by atoms with van der Waals surface area (Å²) in [6.07, 6.45) is 6.10. The topological polar surface area (TPSA) is 23.6 Å². The minimum atomic E-state index is 0.330. The highest BCUT2D eigenvalue weighted by Gasteiger charge is 2.37. The monoisotopic (exact) mass is 328 g/mol. The number of likely N-dealkylation sites (N-methyl/N-ethyl adjacent to an activating group) is 2. The van der Waals surface area contributed by atoms with Gasteiger partial charge < -0.3 is 4.90 Å². The molecule has 3 rings (SSSR count). The van der Waals surface area contributed by atoms with Crippen LogP contribution in [0.5, 0.6) is 0 Å².